The maximum Gasteiger partial charge on any atom is 0.251 e. The van der Waals surface area contributed by atoms with Gasteiger partial charge in [-0.3, -0.25) is 4.79 Å². The van der Waals surface area contributed by atoms with Crippen molar-refractivity contribution in [1.82, 2.24) is 14.9 Å². The number of rotatable bonds is 8. The number of imidazole rings is 1. The molecule has 1 unspecified atom stereocenters. The van der Waals surface area contributed by atoms with Gasteiger partial charge in [-0.25, -0.2) is 4.98 Å². The third kappa shape index (κ3) is 4.27. The van der Waals surface area contributed by atoms with E-state index < -0.39 is 11.7 Å². The predicted octanol–water partition coefficient (Wildman–Crippen LogP) is 3.84. The largest absolute Gasteiger partial charge is 0.391 e. The van der Waals surface area contributed by atoms with Gasteiger partial charge in [-0.2, -0.15) is 0 Å². The molecule has 6 nitrogen and oxygen atoms in total. The van der Waals surface area contributed by atoms with E-state index in [0.29, 0.717) is 41.0 Å². The highest BCUT2D eigenvalue weighted by Gasteiger charge is 2.38. The Labute approximate surface area is 193 Å². The Morgan fingerprint density at radius 3 is 2.15 bits per heavy atom. The summed E-state index contributed by atoms with van der Waals surface area (Å²) < 4.78 is 1.95. The van der Waals surface area contributed by atoms with E-state index in [9.17, 15) is 15.0 Å². The van der Waals surface area contributed by atoms with Crippen LogP contribution < -0.4 is 5.32 Å². The molecule has 6 heteroatoms. The van der Waals surface area contributed by atoms with Crippen LogP contribution in [0.5, 0.6) is 0 Å². The van der Waals surface area contributed by atoms with Crippen molar-refractivity contribution in [2.24, 2.45) is 0 Å². The Morgan fingerprint density at radius 2 is 1.61 bits per heavy atom. The number of nitrogens with zero attached hydrogens (tertiary/aromatic N) is 2. The number of benzene rings is 3. The van der Waals surface area contributed by atoms with E-state index in [2.05, 4.69) is 5.32 Å². The van der Waals surface area contributed by atoms with Gasteiger partial charge in [0, 0.05) is 18.7 Å². The molecule has 0 bridgehead atoms. The van der Waals surface area contributed by atoms with Crippen LogP contribution in [0.4, 0.5) is 0 Å². The first kappa shape index (κ1) is 22.7. The van der Waals surface area contributed by atoms with E-state index in [4.69, 9.17) is 4.98 Å². The molecule has 0 aliphatic heterocycles. The predicted molar refractivity (Wildman–Crippen MR) is 129 cm³/mol. The number of amides is 1. The molecule has 4 rings (SSSR count). The summed E-state index contributed by atoms with van der Waals surface area (Å²) in [6, 6.07) is 24.3. The van der Waals surface area contributed by atoms with Gasteiger partial charge in [-0.05, 0) is 42.7 Å². The minimum Gasteiger partial charge on any atom is -0.391 e. The van der Waals surface area contributed by atoms with Crippen molar-refractivity contribution in [2.45, 2.75) is 38.5 Å². The first-order valence-electron chi connectivity index (χ1n) is 11.3. The minimum atomic E-state index is -1.47. The van der Waals surface area contributed by atoms with Crippen molar-refractivity contribution in [3.05, 3.63) is 101 Å². The molecule has 4 aromatic rings. The number of hydrogen-bond acceptors (Lipinski definition) is 4. The molecule has 0 fully saturated rings. The first-order chi connectivity index (χ1) is 16.0. The van der Waals surface area contributed by atoms with E-state index in [1.54, 1.807) is 18.2 Å². The van der Waals surface area contributed by atoms with Crippen LogP contribution in [0.3, 0.4) is 0 Å². The summed E-state index contributed by atoms with van der Waals surface area (Å²) in [6.07, 6.45) is 0.000223. The van der Waals surface area contributed by atoms with Gasteiger partial charge in [0.15, 0.2) is 11.4 Å². The fraction of sp³-hybridized carbons (Fsp3) is 0.259. The van der Waals surface area contributed by atoms with Crippen molar-refractivity contribution in [3.8, 4) is 0 Å². The lowest BCUT2D eigenvalue weighted by atomic mass is 9.85. The van der Waals surface area contributed by atoms with Gasteiger partial charge in [-0.1, -0.05) is 67.6 Å². The van der Waals surface area contributed by atoms with E-state index >= 15 is 0 Å². The van der Waals surface area contributed by atoms with Crippen LogP contribution in [0.25, 0.3) is 11.0 Å². The van der Waals surface area contributed by atoms with E-state index in [1.165, 1.54) is 0 Å². The van der Waals surface area contributed by atoms with Gasteiger partial charge >= 0.3 is 0 Å². The summed E-state index contributed by atoms with van der Waals surface area (Å²) >= 11 is 0. The van der Waals surface area contributed by atoms with E-state index in [0.717, 1.165) is 5.52 Å². The average molecular weight is 444 g/mol. The van der Waals surface area contributed by atoms with Crippen LogP contribution in [-0.2, 0) is 12.1 Å². The van der Waals surface area contributed by atoms with Crippen LogP contribution in [0.2, 0.25) is 0 Å². The molecule has 0 saturated carbocycles. The van der Waals surface area contributed by atoms with Crippen LogP contribution in [0.1, 0.15) is 47.6 Å². The molecular formula is C27H29N3O3. The second-order valence-electron chi connectivity index (χ2n) is 8.10. The lowest BCUT2D eigenvalue weighted by molar-refractivity contribution is 0.0914. The lowest BCUT2D eigenvalue weighted by Crippen LogP contribution is -2.32. The number of aliphatic hydroxyl groups is 2. The zero-order valence-electron chi connectivity index (χ0n) is 18.9. The van der Waals surface area contributed by atoms with E-state index in [1.807, 2.05) is 79.1 Å². The average Bonchev–Trinajstić information content (AvgIpc) is 3.25. The van der Waals surface area contributed by atoms with Gasteiger partial charge in [-0.15, -0.1) is 0 Å². The number of carbonyl (C=O) groups excluding carboxylic acids is 1. The number of aliphatic hydroxyl groups excluding tert-OH is 1. The number of fused-ring (bicyclic) bond motifs is 1. The molecule has 170 valence electrons. The Hall–Kier alpha value is -3.48. The molecule has 0 radical (unpaired) electrons. The molecular weight excluding hydrogens is 414 g/mol. The molecule has 0 spiro atoms. The Balaban J connectivity index is 1.85. The van der Waals surface area contributed by atoms with Gasteiger partial charge in [0.2, 0.25) is 0 Å². The van der Waals surface area contributed by atoms with Crippen molar-refractivity contribution < 1.29 is 15.0 Å². The van der Waals surface area contributed by atoms with E-state index in [-0.39, 0.29) is 12.5 Å². The monoisotopic (exact) mass is 443 g/mol. The normalized spacial score (nSPS) is 12.6. The molecule has 0 saturated heterocycles. The Morgan fingerprint density at radius 1 is 1.00 bits per heavy atom. The molecule has 3 aromatic carbocycles. The quantitative estimate of drug-likeness (QED) is 0.386. The van der Waals surface area contributed by atoms with Crippen LogP contribution in [0, 0.1) is 0 Å². The molecule has 1 amide bonds. The standard InChI is InChI=1S/C27H29N3O3/c1-3-22(31)18-28-25(32)19-15-16-23-24(17-19)30(4-2)26(29-23)27(33,20-11-7-5-8-12-20)21-13-9-6-10-14-21/h5-17,22,31,33H,3-4,18H2,1-2H3,(H,28,32). The maximum absolute atomic E-state index is 12.7. The van der Waals surface area contributed by atoms with Crippen LogP contribution in [-0.4, -0.2) is 38.3 Å². The van der Waals surface area contributed by atoms with Gasteiger partial charge in [0.05, 0.1) is 17.1 Å². The molecule has 0 aliphatic carbocycles. The number of hydrogen-bond donors (Lipinski definition) is 3. The fourth-order valence-electron chi connectivity index (χ4n) is 4.10. The zero-order chi connectivity index (χ0) is 23.4. The van der Waals surface area contributed by atoms with Crippen molar-refractivity contribution >= 4 is 16.9 Å². The summed E-state index contributed by atoms with van der Waals surface area (Å²) in [7, 11) is 0. The molecule has 1 aromatic heterocycles. The summed E-state index contributed by atoms with van der Waals surface area (Å²) in [5.74, 6) is 0.243. The number of aryl methyl sites for hydroxylation is 1. The summed E-state index contributed by atoms with van der Waals surface area (Å²) in [4.78, 5) is 17.5. The highest BCUT2D eigenvalue weighted by Crippen LogP contribution is 2.37. The van der Waals surface area contributed by atoms with Gasteiger partial charge in [0.25, 0.3) is 5.91 Å². The first-order valence-corrected chi connectivity index (χ1v) is 11.3. The smallest absolute Gasteiger partial charge is 0.251 e. The minimum absolute atomic E-state index is 0.202. The molecule has 1 heterocycles. The van der Waals surface area contributed by atoms with Crippen LogP contribution in [0.15, 0.2) is 78.9 Å². The highest BCUT2D eigenvalue weighted by atomic mass is 16.3. The van der Waals surface area contributed by atoms with Crippen molar-refractivity contribution in [3.63, 3.8) is 0 Å². The summed E-state index contributed by atoms with van der Waals surface area (Å²) in [6.45, 7) is 4.62. The highest BCUT2D eigenvalue weighted by molar-refractivity contribution is 5.97. The van der Waals surface area contributed by atoms with Gasteiger partial charge < -0.3 is 20.1 Å². The fourth-order valence-corrected chi connectivity index (χ4v) is 4.10. The maximum atomic E-state index is 12.7. The SMILES string of the molecule is CCC(O)CNC(=O)c1ccc2nc(C(O)(c3ccccc3)c3ccccc3)n(CC)c2c1. The molecule has 33 heavy (non-hydrogen) atoms. The molecule has 1 atom stereocenters. The number of nitrogens with one attached hydrogen (secondary N) is 1. The Kier molecular flexibility index (Phi) is 6.58. The summed E-state index contributed by atoms with van der Waals surface area (Å²) in [5, 5.41) is 24.7. The Bertz CT molecular complexity index is 1200. The third-order valence-corrected chi connectivity index (χ3v) is 6.00. The third-order valence-electron chi connectivity index (χ3n) is 6.00. The topological polar surface area (TPSA) is 87.4 Å². The molecule has 0 aliphatic rings. The van der Waals surface area contributed by atoms with Crippen molar-refractivity contribution in [2.75, 3.05) is 6.54 Å². The molecule has 3 N–H and O–H groups in total. The number of aromatic nitrogens is 2. The summed E-state index contributed by atoms with van der Waals surface area (Å²) in [5.41, 5.74) is 1.91. The van der Waals surface area contributed by atoms with Crippen molar-refractivity contribution in [1.29, 1.82) is 0 Å². The number of carbonyl (C=O) groups is 1. The van der Waals surface area contributed by atoms with Gasteiger partial charge in [0.1, 0.15) is 0 Å². The second-order valence-corrected chi connectivity index (χ2v) is 8.10. The zero-order valence-corrected chi connectivity index (χ0v) is 18.9. The lowest BCUT2D eigenvalue weighted by Gasteiger charge is -2.29. The van der Waals surface area contributed by atoms with Crippen LogP contribution >= 0.6 is 0 Å². The second kappa shape index (κ2) is 9.57.